The van der Waals surface area contributed by atoms with Crippen LogP contribution in [0.1, 0.15) is 5.56 Å². The van der Waals surface area contributed by atoms with E-state index in [4.69, 9.17) is 0 Å². The molecule has 0 atom stereocenters. The van der Waals surface area contributed by atoms with Gasteiger partial charge in [-0.3, -0.25) is 0 Å². The monoisotopic (exact) mass is 212 g/mol. The molecule has 0 aliphatic heterocycles. The van der Waals surface area contributed by atoms with Gasteiger partial charge >= 0.3 is 0 Å². The Morgan fingerprint density at radius 2 is 1.91 bits per heavy atom. The highest BCUT2D eigenvalue weighted by Gasteiger charge is 1.89. The van der Waals surface area contributed by atoms with Gasteiger partial charge in [-0.25, -0.2) is 4.39 Å². The van der Waals surface area contributed by atoms with Gasteiger partial charge in [0.1, 0.15) is 13.7 Å². The molecule has 0 bridgehead atoms. The molecule has 0 aliphatic rings. The van der Waals surface area contributed by atoms with E-state index in [0.717, 1.165) is 9.95 Å². The van der Waals surface area contributed by atoms with Crippen molar-refractivity contribution in [2.75, 3.05) is 0 Å². The van der Waals surface area contributed by atoms with Crippen molar-refractivity contribution in [3.05, 3.63) is 40.0 Å². The predicted octanol–water partition coefficient (Wildman–Crippen LogP) is 2.15. The second-order valence-electron chi connectivity index (χ2n) is 2.28. The Kier molecular flexibility index (Phi) is 2.88. The lowest BCUT2D eigenvalue weighted by molar-refractivity contribution is 0.628. The molecule has 0 aliphatic carbocycles. The SMILES string of the molecule is B/C(Br)=C\c1ccc(F)cc1. The maximum atomic E-state index is 12.4. The van der Waals surface area contributed by atoms with Gasteiger partial charge in [0, 0.05) is 0 Å². The molecular formula is C8H7BBrF. The van der Waals surface area contributed by atoms with Crippen LogP contribution in [0.2, 0.25) is 0 Å². The van der Waals surface area contributed by atoms with Crippen LogP contribution >= 0.6 is 15.9 Å². The lowest BCUT2D eigenvalue weighted by Gasteiger charge is -1.92. The standard InChI is InChI=1S/C8H7BBrF/c9-8(10)5-6-1-3-7(11)4-2-6/h1-5H,9H2/b8-5+. The van der Waals surface area contributed by atoms with E-state index in [0.29, 0.717) is 0 Å². The van der Waals surface area contributed by atoms with E-state index >= 15 is 0 Å². The zero-order valence-corrected chi connectivity index (χ0v) is 7.73. The average Bonchev–Trinajstić information content (AvgIpc) is 1.93. The smallest absolute Gasteiger partial charge is 0.148 e. The molecule has 11 heavy (non-hydrogen) atoms. The van der Waals surface area contributed by atoms with E-state index in [1.165, 1.54) is 12.1 Å². The molecule has 0 unspecified atom stereocenters. The Hall–Kier alpha value is -0.565. The Bertz CT molecular complexity index is 262. The van der Waals surface area contributed by atoms with Crippen molar-refractivity contribution in [2.45, 2.75) is 0 Å². The first-order valence-electron chi connectivity index (χ1n) is 3.28. The highest BCUT2D eigenvalue weighted by atomic mass is 79.9. The molecule has 0 N–H and O–H groups in total. The third kappa shape index (κ3) is 2.89. The fourth-order valence-corrected chi connectivity index (χ4v) is 1.05. The topological polar surface area (TPSA) is 0 Å². The molecule has 0 nitrogen and oxygen atoms in total. The summed E-state index contributed by atoms with van der Waals surface area (Å²) in [6, 6.07) is 6.36. The fourth-order valence-electron chi connectivity index (χ4n) is 0.789. The molecule has 0 saturated carbocycles. The summed E-state index contributed by atoms with van der Waals surface area (Å²) in [7, 11) is 1.93. The van der Waals surface area contributed by atoms with E-state index in [9.17, 15) is 4.39 Å². The van der Waals surface area contributed by atoms with Crippen molar-refractivity contribution < 1.29 is 4.39 Å². The number of hydrogen-bond donors (Lipinski definition) is 0. The molecule has 56 valence electrons. The van der Waals surface area contributed by atoms with Crippen LogP contribution in [0.5, 0.6) is 0 Å². The highest BCUT2D eigenvalue weighted by Crippen LogP contribution is 2.09. The molecule has 0 saturated heterocycles. The molecule has 0 radical (unpaired) electrons. The summed E-state index contributed by atoms with van der Waals surface area (Å²) in [5.74, 6) is -0.200. The maximum absolute atomic E-state index is 12.4. The highest BCUT2D eigenvalue weighted by molar-refractivity contribution is 9.12. The lowest BCUT2D eigenvalue weighted by Crippen LogP contribution is -1.75. The van der Waals surface area contributed by atoms with Crippen molar-refractivity contribution in [1.29, 1.82) is 0 Å². The van der Waals surface area contributed by atoms with Gasteiger partial charge in [-0.05, 0) is 22.1 Å². The summed E-state index contributed by atoms with van der Waals surface area (Å²) in [6.45, 7) is 0. The van der Waals surface area contributed by atoms with Crippen molar-refractivity contribution in [2.24, 2.45) is 0 Å². The van der Waals surface area contributed by atoms with Crippen LogP contribution in [-0.2, 0) is 0 Å². The van der Waals surface area contributed by atoms with Crippen LogP contribution in [0.3, 0.4) is 0 Å². The van der Waals surface area contributed by atoms with E-state index in [1.54, 1.807) is 12.1 Å². The Morgan fingerprint density at radius 3 is 2.36 bits per heavy atom. The molecule has 0 aromatic heterocycles. The largest absolute Gasteiger partial charge is 0.207 e. The molecule has 1 aromatic rings. The fraction of sp³-hybridized carbons (Fsp3) is 0. The molecule has 3 heteroatoms. The Morgan fingerprint density at radius 1 is 1.36 bits per heavy atom. The van der Waals surface area contributed by atoms with E-state index in [2.05, 4.69) is 15.9 Å². The maximum Gasteiger partial charge on any atom is 0.148 e. The van der Waals surface area contributed by atoms with Crippen LogP contribution in [-0.4, -0.2) is 7.85 Å². The zero-order chi connectivity index (χ0) is 8.27. The second-order valence-corrected chi connectivity index (χ2v) is 3.53. The summed E-state index contributed by atoms with van der Waals surface area (Å²) >= 11 is 3.30. The normalized spacial score (nSPS) is 11.6. The molecule has 1 rings (SSSR count). The molecule has 0 fully saturated rings. The van der Waals surface area contributed by atoms with Crippen LogP contribution < -0.4 is 0 Å². The molecule has 0 heterocycles. The van der Waals surface area contributed by atoms with Crippen molar-refractivity contribution in [3.8, 4) is 0 Å². The summed E-state index contributed by atoms with van der Waals surface area (Å²) in [5, 5.41) is 0. The van der Waals surface area contributed by atoms with E-state index in [1.807, 2.05) is 13.9 Å². The average molecular weight is 213 g/mol. The zero-order valence-electron chi connectivity index (χ0n) is 6.14. The predicted molar refractivity (Wildman–Crippen MR) is 51.8 cm³/mol. The van der Waals surface area contributed by atoms with Gasteiger partial charge in [0.25, 0.3) is 0 Å². The minimum absolute atomic E-state index is 0.200. The lowest BCUT2D eigenvalue weighted by atomic mass is 10.1. The first-order valence-corrected chi connectivity index (χ1v) is 4.07. The van der Waals surface area contributed by atoms with Gasteiger partial charge < -0.3 is 0 Å². The summed E-state index contributed by atoms with van der Waals surface area (Å²) < 4.78 is 13.4. The van der Waals surface area contributed by atoms with Gasteiger partial charge in [0.2, 0.25) is 0 Å². The van der Waals surface area contributed by atoms with Crippen molar-refractivity contribution in [1.82, 2.24) is 0 Å². The third-order valence-corrected chi connectivity index (χ3v) is 1.46. The molecule has 0 spiro atoms. The minimum atomic E-state index is -0.200. The first-order chi connectivity index (χ1) is 5.18. The van der Waals surface area contributed by atoms with Crippen LogP contribution in [0.15, 0.2) is 28.6 Å². The van der Waals surface area contributed by atoms with E-state index < -0.39 is 0 Å². The third-order valence-electron chi connectivity index (χ3n) is 1.24. The summed E-state index contributed by atoms with van der Waals surface area (Å²) in [4.78, 5) is 0. The Labute approximate surface area is 74.7 Å². The number of benzene rings is 1. The number of rotatable bonds is 1. The van der Waals surface area contributed by atoms with Gasteiger partial charge in [-0.15, -0.1) is 0 Å². The molecule has 1 aromatic carbocycles. The van der Waals surface area contributed by atoms with E-state index in [-0.39, 0.29) is 5.82 Å². The van der Waals surface area contributed by atoms with Gasteiger partial charge in [-0.1, -0.05) is 34.1 Å². The van der Waals surface area contributed by atoms with Crippen LogP contribution in [0.4, 0.5) is 4.39 Å². The van der Waals surface area contributed by atoms with Crippen LogP contribution in [0, 0.1) is 5.82 Å². The Balaban J connectivity index is 2.91. The van der Waals surface area contributed by atoms with Gasteiger partial charge in [0.15, 0.2) is 0 Å². The minimum Gasteiger partial charge on any atom is -0.207 e. The van der Waals surface area contributed by atoms with Crippen LogP contribution in [0.25, 0.3) is 6.08 Å². The molecular weight excluding hydrogens is 206 g/mol. The van der Waals surface area contributed by atoms with Gasteiger partial charge in [0.05, 0.1) is 0 Å². The summed E-state index contributed by atoms with van der Waals surface area (Å²) in [6.07, 6.45) is 1.93. The number of hydrogen-bond acceptors (Lipinski definition) is 0. The summed E-state index contributed by atoms with van der Waals surface area (Å²) in [5.41, 5.74) is 1.00. The quantitative estimate of drug-likeness (QED) is 0.626. The van der Waals surface area contributed by atoms with Crippen molar-refractivity contribution >= 4 is 29.9 Å². The molecule has 0 amide bonds. The second kappa shape index (κ2) is 3.72. The van der Waals surface area contributed by atoms with Crippen molar-refractivity contribution in [3.63, 3.8) is 0 Å². The number of halogens is 2. The van der Waals surface area contributed by atoms with Gasteiger partial charge in [-0.2, -0.15) is 0 Å². The first kappa shape index (κ1) is 8.53.